The summed E-state index contributed by atoms with van der Waals surface area (Å²) in [4.78, 5) is 11.8. The zero-order chi connectivity index (χ0) is 20.5. The van der Waals surface area contributed by atoms with E-state index in [-0.39, 0.29) is 17.6 Å². The van der Waals surface area contributed by atoms with E-state index < -0.39 is 8.32 Å². The number of hydrogen-bond donors (Lipinski definition) is 1. The number of ether oxygens (including phenoxy) is 1. The average Bonchev–Trinajstić information content (AvgIpc) is 2.72. The Morgan fingerprint density at radius 1 is 0.862 bits per heavy atom. The van der Waals surface area contributed by atoms with Crippen molar-refractivity contribution in [3.8, 4) is 11.5 Å². The molecule has 0 bridgehead atoms. The van der Waals surface area contributed by atoms with Crippen molar-refractivity contribution in [1.29, 1.82) is 0 Å². The van der Waals surface area contributed by atoms with Gasteiger partial charge in [-0.2, -0.15) is 0 Å². The number of amides is 1. The Morgan fingerprint density at radius 3 is 2.00 bits per heavy atom. The Kier molecular flexibility index (Phi) is 4.92. The number of para-hydroxylation sites is 1. The molecule has 0 aromatic heterocycles. The second-order valence-corrected chi connectivity index (χ2v) is 12.5. The minimum Gasteiger partial charge on any atom is -0.531 e. The average molecular weight is 404 g/mol. The fourth-order valence-corrected chi connectivity index (χ4v) is 8.40. The molecule has 1 heterocycles. The van der Waals surface area contributed by atoms with E-state index >= 15 is 0 Å². The molecule has 0 spiro atoms. The highest BCUT2D eigenvalue weighted by Gasteiger charge is 2.52. The third kappa shape index (κ3) is 3.42. The molecule has 0 aliphatic carbocycles. The number of rotatable bonds is 4. The predicted molar refractivity (Wildman–Crippen MR) is 119 cm³/mol. The molecule has 3 aromatic carbocycles. The molecule has 5 heteroatoms. The highest BCUT2D eigenvalue weighted by Crippen LogP contribution is 2.43. The quantitative estimate of drug-likeness (QED) is 0.671. The lowest BCUT2D eigenvalue weighted by Crippen LogP contribution is -2.68. The van der Waals surface area contributed by atoms with Crippen molar-refractivity contribution in [3.05, 3.63) is 78.9 Å². The Hall–Kier alpha value is -3.05. The van der Waals surface area contributed by atoms with E-state index in [2.05, 4.69) is 74.6 Å². The van der Waals surface area contributed by atoms with Crippen molar-refractivity contribution in [2.75, 3.05) is 11.9 Å². The molecule has 148 valence electrons. The lowest BCUT2D eigenvalue weighted by molar-refractivity contribution is -0.118. The first-order valence-electron chi connectivity index (χ1n) is 9.77. The van der Waals surface area contributed by atoms with Crippen LogP contribution in [0.25, 0.3) is 0 Å². The Morgan fingerprint density at radius 2 is 1.45 bits per heavy atom. The lowest BCUT2D eigenvalue weighted by Gasteiger charge is -2.43. The van der Waals surface area contributed by atoms with E-state index in [0.717, 1.165) is 0 Å². The summed E-state index contributed by atoms with van der Waals surface area (Å²) >= 11 is 0. The van der Waals surface area contributed by atoms with Gasteiger partial charge in [-0.1, -0.05) is 87.5 Å². The van der Waals surface area contributed by atoms with Crippen molar-refractivity contribution < 1.29 is 14.0 Å². The lowest BCUT2D eigenvalue weighted by atomic mass is 10.2. The molecule has 0 unspecified atom stereocenters. The van der Waals surface area contributed by atoms with Crippen LogP contribution < -0.4 is 24.9 Å². The monoisotopic (exact) mass is 403 g/mol. The summed E-state index contributed by atoms with van der Waals surface area (Å²) in [5, 5.41) is 5.10. The Labute approximate surface area is 172 Å². The fraction of sp³-hybridized carbons (Fsp3) is 0.208. The summed E-state index contributed by atoms with van der Waals surface area (Å²) < 4.78 is 12.8. The molecule has 0 atom stereocenters. The van der Waals surface area contributed by atoms with Crippen LogP contribution in [0.3, 0.4) is 0 Å². The minimum atomic E-state index is -2.76. The van der Waals surface area contributed by atoms with Crippen molar-refractivity contribution in [2.24, 2.45) is 0 Å². The second-order valence-electron chi connectivity index (χ2n) is 8.23. The van der Waals surface area contributed by atoms with Gasteiger partial charge in [-0.15, -0.1) is 0 Å². The van der Waals surface area contributed by atoms with Gasteiger partial charge >= 0.3 is 8.32 Å². The maximum absolute atomic E-state index is 11.8. The smallest absolute Gasteiger partial charge is 0.320 e. The maximum Gasteiger partial charge on any atom is 0.320 e. The van der Waals surface area contributed by atoms with Crippen LogP contribution in [0.5, 0.6) is 11.5 Å². The van der Waals surface area contributed by atoms with E-state index in [4.69, 9.17) is 9.16 Å². The molecule has 3 aromatic rings. The van der Waals surface area contributed by atoms with Gasteiger partial charge in [0, 0.05) is 0 Å². The molecular weight excluding hydrogens is 378 g/mol. The van der Waals surface area contributed by atoms with Crippen LogP contribution in [-0.2, 0) is 4.79 Å². The van der Waals surface area contributed by atoms with Crippen molar-refractivity contribution in [2.45, 2.75) is 25.8 Å². The molecule has 0 fully saturated rings. The van der Waals surface area contributed by atoms with Crippen LogP contribution in [-0.4, -0.2) is 20.8 Å². The van der Waals surface area contributed by atoms with E-state index in [0.29, 0.717) is 17.2 Å². The summed E-state index contributed by atoms with van der Waals surface area (Å²) in [6.07, 6.45) is 0. The molecule has 4 rings (SSSR count). The van der Waals surface area contributed by atoms with E-state index in [1.807, 2.05) is 30.3 Å². The summed E-state index contributed by atoms with van der Waals surface area (Å²) in [6.45, 7) is 6.69. The number of fused-ring (bicyclic) bond motifs is 1. The second kappa shape index (κ2) is 7.41. The van der Waals surface area contributed by atoms with Crippen LogP contribution in [0.1, 0.15) is 20.8 Å². The van der Waals surface area contributed by atoms with Gasteiger partial charge in [-0.25, -0.2) is 0 Å². The summed E-state index contributed by atoms with van der Waals surface area (Å²) in [5.74, 6) is 1.11. The van der Waals surface area contributed by atoms with E-state index in [9.17, 15) is 4.79 Å². The molecule has 0 radical (unpaired) electrons. The van der Waals surface area contributed by atoms with Crippen molar-refractivity contribution in [3.63, 3.8) is 0 Å². The van der Waals surface area contributed by atoms with Crippen LogP contribution in [0, 0.1) is 0 Å². The minimum absolute atomic E-state index is 0.00583. The predicted octanol–water partition coefficient (Wildman–Crippen LogP) is 3.96. The third-order valence-corrected chi connectivity index (χ3v) is 10.2. The molecule has 0 saturated heterocycles. The van der Waals surface area contributed by atoms with Crippen LogP contribution >= 0.6 is 0 Å². The third-order valence-electron chi connectivity index (χ3n) is 5.28. The van der Waals surface area contributed by atoms with Crippen LogP contribution in [0.4, 0.5) is 5.69 Å². The van der Waals surface area contributed by atoms with E-state index in [1.165, 1.54) is 10.4 Å². The van der Waals surface area contributed by atoms with Gasteiger partial charge in [0.2, 0.25) is 0 Å². The normalized spacial score (nSPS) is 13.8. The molecule has 1 aliphatic heterocycles. The van der Waals surface area contributed by atoms with Gasteiger partial charge in [0.15, 0.2) is 12.4 Å². The summed E-state index contributed by atoms with van der Waals surface area (Å²) in [5.41, 5.74) is 0.650. The molecule has 1 N–H and O–H groups in total. The fourth-order valence-electron chi connectivity index (χ4n) is 3.98. The van der Waals surface area contributed by atoms with Gasteiger partial charge in [0.25, 0.3) is 5.91 Å². The first kappa shape index (κ1) is 19.3. The number of carbonyl (C=O) groups excluding carboxylic acids is 1. The van der Waals surface area contributed by atoms with Gasteiger partial charge in [-0.05, 0) is 27.5 Å². The Bertz CT molecular complexity index is 974. The SMILES string of the molecule is CC(C)(C)[Si](Oc1cccc2c1OCC(=O)N2)(c1ccccc1)c1ccccc1. The number of carbonyl (C=O) groups is 1. The summed E-state index contributed by atoms with van der Waals surface area (Å²) in [6, 6.07) is 26.6. The Balaban J connectivity index is 1.93. The highest BCUT2D eigenvalue weighted by atomic mass is 28.4. The largest absolute Gasteiger partial charge is 0.531 e. The standard InChI is InChI=1S/C24H25NO3Si/c1-24(2,3)29(18-11-6-4-7-12-18,19-13-8-5-9-14-19)28-21-16-10-15-20-23(21)27-17-22(26)25-20/h4-16H,17H2,1-3H3,(H,25,26). The molecule has 1 aliphatic rings. The van der Waals surface area contributed by atoms with E-state index in [1.54, 1.807) is 0 Å². The first-order valence-corrected chi connectivity index (χ1v) is 11.7. The zero-order valence-corrected chi connectivity index (χ0v) is 17.9. The molecule has 0 saturated carbocycles. The number of anilines is 1. The topological polar surface area (TPSA) is 47.6 Å². The van der Waals surface area contributed by atoms with Crippen LogP contribution in [0.2, 0.25) is 5.04 Å². The van der Waals surface area contributed by atoms with Crippen molar-refractivity contribution in [1.82, 2.24) is 0 Å². The number of hydrogen-bond acceptors (Lipinski definition) is 3. The maximum atomic E-state index is 11.8. The van der Waals surface area contributed by atoms with Gasteiger partial charge < -0.3 is 14.5 Å². The molecule has 4 nitrogen and oxygen atoms in total. The number of benzene rings is 3. The number of nitrogens with one attached hydrogen (secondary N) is 1. The van der Waals surface area contributed by atoms with Gasteiger partial charge in [-0.3, -0.25) is 4.79 Å². The zero-order valence-electron chi connectivity index (χ0n) is 16.9. The highest BCUT2D eigenvalue weighted by molar-refractivity contribution is 7.00. The van der Waals surface area contributed by atoms with Gasteiger partial charge in [0.05, 0.1) is 5.69 Å². The summed E-state index contributed by atoms with van der Waals surface area (Å²) in [7, 11) is -2.76. The molecular formula is C24H25NO3Si. The first-order chi connectivity index (χ1) is 13.9. The van der Waals surface area contributed by atoms with Gasteiger partial charge in [0.1, 0.15) is 5.75 Å². The molecule has 1 amide bonds. The molecule has 29 heavy (non-hydrogen) atoms. The van der Waals surface area contributed by atoms with Crippen molar-refractivity contribution >= 4 is 30.3 Å². The van der Waals surface area contributed by atoms with Crippen LogP contribution in [0.15, 0.2) is 78.9 Å².